The monoisotopic (exact) mass is 382 g/mol. The van der Waals surface area contributed by atoms with E-state index in [9.17, 15) is 9.59 Å². The number of aryl methyl sites for hydroxylation is 1. The van der Waals surface area contributed by atoms with Gasteiger partial charge in [0.2, 0.25) is 5.91 Å². The molecule has 0 unspecified atom stereocenters. The summed E-state index contributed by atoms with van der Waals surface area (Å²) in [6.07, 6.45) is 2.57. The highest BCUT2D eigenvalue weighted by molar-refractivity contribution is 5.94. The summed E-state index contributed by atoms with van der Waals surface area (Å²) in [6.45, 7) is 3.00. The number of anilines is 1. The summed E-state index contributed by atoms with van der Waals surface area (Å²) in [5, 5.41) is 2.85. The lowest BCUT2D eigenvalue weighted by molar-refractivity contribution is -0.123. The van der Waals surface area contributed by atoms with E-state index in [2.05, 4.69) is 5.32 Å². The molecule has 28 heavy (non-hydrogen) atoms. The molecule has 0 bridgehead atoms. The summed E-state index contributed by atoms with van der Waals surface area (Å²) >= 11 is 0. The van der Waals surface area contributed by atoms with Gasteiger partial charge in [-0.3, -0.25) is 9.59 Å². The van der Waals surface area contributed by atoms with E-state index in [0.717, 1.165) is 36.2 Å². The van der Waals surface area contributed by atoms with E-state index >= 15 is 0 Å². The van der Waals surface area contributed by atoms with E-state index in [1.807, 2.05) is 48.2 Å². The molecule has 1 fully saturated rings. The number of carbonyl (C=O) groups is 2. The number of benzene rings is 2. The van der Waals surface area contributed by atoms with Crippen molar-refractivity contribution in [1.82, 2.24) is 5.32 Å². The molecule has 6 heteroatoms. The number of nitrogens with one attached hydrogen (secondary N) is 1. The standard InChI is InChI=1S/C22H26N2O4/c1-16-9-10-19(20(12-16)27-2)28-15-21(25)23-14-17-6-5-7-18(13-17)24-11-4-3-8-22(24)26/h5-7,9-10,12-13H,3-4,8,11,14-15H2,1-2H3,(H,23,25). The summed E-state index contributed by atoms with van der Waals surface area (Å²) in [6, 6.07) is 13.3. The molecule has 0 aliphatic carbocycles. The Morgan fingerprint density at radius 2 is 2.00 bits per heavy atom. The molecular weight excluding hydrogens is 356 g/mol. The van der Waals surface area contributed by atoms with Gasteiger partial charge in [-0.05, 0) is 55.2 Å². The molecule has 148 valence electrons. The van der Waals surface area contributed by atoms with Gasteiger partial charge in [0.1, 0.15) is 0 Å². The zero-order chi connectivity index (χ0) is 19.9. The van der Waals surface area contributed by atoms with E-state index in [-0.39, 0.29) is 18.4 Å². The van der Waals surface area contributed by atoms with E-state index < -0.39 is 0 Å². The summed E-state index contributed by atoms with van der Waals surface area (Å²) in [4.78, 5) is 26.1. The summed E-state index contributed by atoms with van der Waals surface area (Å²) in [7, 11) is 1.57. The SMILES string of the molecule is COc1cc(C)ccc1OCC(=O)NCc1cccc(N2CCCCC2=O)c1. The van der Waals surface area contributed by atoms with Crippen molar-refractivity contribution in [3.63, 3.8) is 0 Å². The summed E-state index contributed by atoms with van der Waals surface area (Å²) < 4.78 is 10.9. The van der Waals surface area contributed by atoms with Crippen LogP contribution >= 0.6 is 0 Å². The first-order valence-electron chi connectivity index (χ1n) is 9.50. The van der Waals surface area contributed by atoms with Gasteiger partial charge in [0.05, 0.1) is 7.11 Å². The zero-order valence-corrected chi connectivity index (χ0v) is 16.4. The maximum Gasteiger partial charge on any atom is 0.258 e. The number of rotatable bonds is 7. The van der Waals surface area contributed by atoms with Gasteiger partial charge in [-0.15, -0.1) is 0 Å². The molecule has 1 saturated heterocycles. The molecule has 2 aromatic carbocycles. The number of ether oxygens (including phenoxy) is 2. The van der Waals surface area contributed by atoms with E-state index in [1.165, 1.54) is 0 Å². The molecule has 0 saturated carbocycles. The van der Waals surface area contributed by atoms with Crippen LogP contribution in [0.4, 0.5) is 5.69 Å². The van der Waals surface area contributed by atoms with Crippen LogP contribution in [0.5, 0.6) is 11.5 Å². The lowest BCUT2D eigenvalue weighted by Crippen LogP contribution is -2.35. The minimum Gasteiger partial charge on any atom is -0.493 e. The van der Waals surface area contributed by atoms with Crippen molar-refractivity contribution < 1.29 is 19.1 Å². The molecule has 1 N–H and O–H groups in total. The Morgan fingerprint density at radius 1 is 1.14 bits per heavy atom. The Balaban J connectivity index is 1.53. The van der Waals surface area contributed by atoms with Crippen LogP contribution in [0.2, 0.25) is 0 Å². The highest BCUT2D eigenvalue weighted by atomic mass is 16.5. The van der Waals surface area contributed by atoms with Crippen LogP contribution in [0, 0.1) is 6.92 Å². The minimum atomic E-state index is -0.220. The molecule has 1 heterocycles. The van der Waals surface area contributed by atoms with Gasteiger partial charge in [-0.2, -0.15) is 0 Å². The highest BCUT2D eigenvalue weighted by Gasteiger charge is 2.19. The van der Waals surface area contributed by atoms with Gasteiger partial charge in [0.15, 0.2) is 18.1 Å². The van der Waals surface area contributed by atoms with Crippen molar-refractivity contribution in [1.29, 1.82) is 0 Å². The van der Waals surface area contributed by atoms with Crippen molar-refractivity contribution in [2.75, 3.05) is 25.2 Å². The van der Waals surface area contributed by atoms with Crippen LogP contribution in [0.1, 0.15) is 30.4 Å². The first kappa shape index (κ1) is 19.7. The fourth-order valence-electron chi connectivity index (χ4n) is 3.20. The number of hydrogen-bond acceptors (Lipinski definition) is 4. The number of nitrogens with zero attached hydrogens (tertiary/aromatic N) is 1. The van der Waals surface area contributed by atoms with Gasteiger partial charge >= 0.3 is 0 Å². The van der Waals surface area contributed by atoms with Crippen molar-refractivity contribution in [2.45, 2.75) is 32.7 Å². The van der Waals surface area contributed by atoms with Crippen molar-refractivity contribution in [3.8, 4) is 11.5 Å². The van der Waals surface area contributed by atoms with Gasteiger partial charge in [0, 0.05) is 25.2 Å². The maximum atomic E-state index is 12.2. The molecule has 3 rings (SSSR count). The quantitative estimate of drug-likeness (QED) is 0.798. The first-order chi connectivity index (χ1) is 13.6. The smallest absolute Gasteiger partial charge is 0.258 e. The summed E-state index contributed by atoms with van der Waals surface area (Å²) in [5.41, 5.74) is 2.88. The Kier molecular flexibility index (Phi) is 6.53. The van der Waals surface area contributed by atoms with Gasteiger partial charge < -0.3 is 19.7 Å². The molecule has 6 nitrogen and oxygen atoms in total. The van der Waals surface area contributed by atoms with E-state index in [1.54, 1.807) is 13.2 Å². The number of piperidine rings is 1. The molecule has 0 aromatic heterocycles. The Hall–Kier alpha value is -3.02. The van der Waals surface area contributed by atoms with Crippen LogP contribution in [0.25, 0.3) is 0 Å². The van der Waals surface area contributed by atoms with Gasteiger partial charge in [-0.1, -0.05) is 18.2 Å². The van der Waals surface area contributed by atoms with Crippen molar-refractivity contribution in [2.24, 2.45) is 0 Å². The van der Waals surface area contributed by atoms with Crippen LogP contribution in [-0.4, -0.2) is 32.1 Å². The van der Waals surface area contributed by atoms with Crippen LogP contribution in [0.15, 0.2) is 42.5 Å². The average Bonchev–Trinajstić information content (AvgIpc) is 2.71. The molecule has 1 aliphatic heterocycles. The fourth-order valence-corrected chi connectivity index (χ4v) is 3.20. The zero-order valence-electron chi connectivity index (χ0n) is 16.4. The first-order valence-corrected chi connectivity index (χ1v) is 9.50. The normalized spacial score (nSPS) is 13.9. The Labute approximate surface area is 165 Å². The predicted molar refractivity (Wildman–Crippen MR) is 108 cm³/mol. The van der Waals surface area contributed by atoms with Gasteiger partial charge in [0.25, 0.3) is 5.91 Å². The number of hydrogen-bond donors (Lipinski definition) is 1. The topological polar surface area (TPSA) is 67.9 Å². The Morgan fingerprint density at radius 3 is 2.79 bits per heavy atom. The fraction of sp³-hybridized carbons (Fsp3) is 0.364. The molecule has 0 radical (unpaired) electrons. The third-order valence-electron chi connectivity index (χ3n) is 4.71. The maximum absolute atomic E-state index is 12.2. The van der Waals surface area contributed by atoms with E-state index in [4.69, 9.17) is 9.47 Å². The van der Waals surface area contributed by atoms with Gasteiger partial charge in [-0.25, -0.2) is 0 Å². The van der Waals surface area contributed by atoms with Crippen molar-refractivity contribution in [3.05, 3.63) is 53.6 Å². The lowest BCUT2D eigenvalue weighted by Gasteiger charge is -2.27. The van der Waals surface area contributed by atoms with Crippen LogP contribution in [-0.2, 0) is 16.1 Å². The number of methoxy groups -OCH3 is 1. The molecule has 0 spiro atoms. The van der Waals surface area contributed by atoms with Crippen LogP contribution < -0.4 is 19.7 Å². The average molecular weight is 382 g/mol. The van der Waals surface area contributed by atoms with Crippen LogP contribution in [0.3, 0.4) is 0 Å². The number of amides is 2. The predicted octanol–water partition coefficient (Wildman–Crippen LogP) is 3.22. The van der Waals surface area contributed by atoms with Crippen molar-refractivity contribution >= 4 is 17.5 Å². The summed E-state index contributed by atoms with van der Waals surface area (Å²) in [5.74, 6) is 1.08. The second-order valence-corrected chi connectivity index (χ2v) is 6.89. The molecule has 1 aliphatic rings. The largest absolute Gasteiger partial charge is 0.493 e. The molecular formula is C22H26N2O4. The highest BCUT2D eigenvalue weighted by Crippen LogP contribution is 2.27. The second-order valence-electron chi connectivity index (χ2n) is 6.89. The number of carbonyl (C=O) groups excluding carboxylic acids is 2. The third kappa shape index (κ3) is 5.03. The minimum absolute atomic E-state index is 0.0935. The lowest BCUT2D eigenvalue weighted by atomic mass is 10.1. The third-order valence-corrected chi connectivity index (χ3v) is 4.71. The second kappa shape index (κ2) is 9.26. The molecule has 2 aromatic rings. The molecule has 0 atom stereocenters. The van der Waals surface area contributed by atoms with E-state index in [0.29, 0.717) is 24.5 Å². The Bertz CT molecular complexity index is 850. The molecule has 2 amide bonds.